The molecule has 0 aromatic carbocycles. The van der Waals surface area contributed by atoms with Crippen LogP contribution in [0.15, 0.2) is 12.1 Å². The molecule has 1 heterocycles. The van der Waals surface area contributed by atoms with Crippen LogP contribution in [0.4, 0.5) is 5.82 Å². The fraction of sp³-hybridized carbons (Fsp3) is 0.500. The number of nitrogens with zero attached hydrogens (tertiary/aromatic N) is 3. The van der Waals surface area contributed by atoms with Gasteiger partial charge in [0.2, 0.25) is 0 Å². The molecule has 0 saturated heterocycles. The second kappa shape index (κ2) is 5.41. The van der Waals surface area contributed by atoms with E-state index in [9.17, 15) is 4.79 Å². The first kappa shape index (κ1) is 12.4. The zero-order valence-corrected chi connectivity index (χ0v) is 9.64. The second-order valence-corrected chi connectivity index (χ2v) is 3.50. The van der Waals surface area contributed by atoms with Gasteiger partial charge >= 0.3 is 0 Å². The number of carbonyl (C=O) groups is 1. The van der Waals surface area contributed by atoms with Crippen molar-refractivity contribution in [1.29, 1.82) is 0 Å². The second-order valence-electron chi connectivity index (χ2n) is 3.50. The van der Waals surface area contributed by atoms with Crippen LogP contribution in [0.5, 0.6) is 0 Å². The Morgan fingerprint density at radius 2 is 2.25 bits per heavy atom. The lowest BCUT2D eigenvalue weighted by Gasteiger charge is -2.22. The molecule has 0 fully saturated rings. The third-order valence-electron chi connectivity index (χ3n) is 2.39. The maximum Gasteiger partial charge on any atom is 0.274 e. The molecule has 0 saturated carbocycles. The number of aliphatic hydroxyl groups excluding tert-OH is 1. The van der Waals surface area contributed by atoms with Crippen LogP contribution >= 0.6 is 0 Å². The van der Waals surface area contributed by atoms with Gasteiger partial charge in [-0.3, -0.25) is 4.79 Å². The van der Waals surface area contributed by atoms with Crippen molar-refractivity contribution in [1.82, 2.24) is 15.1 Å². The van der Waals surface area contributed by atoms with Crippen molar-refractivity contribution >= 4 is 11.7 Å². The van der Waals surface area contributed by atoms with E-state index in [0.29, 0.717) is 5.82 Å². The molecule has 0 radical (unpaired) electrons. The summed E-state index contributed by atoms with van der Waals surface area (Å²) < 4.78 is 0. The van der Waals surface area contributed by atoms with Gasteiger partial charge in [0.25, 0.3) is 5.91 Å². The minimum Gasteiger partial charge on any atom is -0.394 e. The van der Waals surface area contributed by atoms with E-state index in [0.717, 1.165) is 0 Å². The van der Waals surface area contributed by atoms with E-state index in [1.165, 1.54) is 4.90 Å². The Labute approximate surface area is 94.3 Å². The maximum atomic E-state index is 11.8. The molecule has 2 N–H and O–H groups in total. The highest BCUT2D eigenvalue weighted by Gasteiger charge is 2.18. The van der Waals surface area contributed by atoms with Crippen LogP contribution in [0.3, 0.4) is 0 Å². The smallest absolute Gasteiger partial charge is 0.274 e. The van der Waals surface area contributed by atoms with E-state index in [-0.39, 0.29) is 24.2 Å². The molecule has 1 aromatic heterocycles. The van der Waals surface area contributed by atoms with Gasteiger partial charge in [0.1, 0.15) is 5.82 Å². The molecular formula is C10H16N4O2. The van der Waals surface area contributed by atoms with Gasteiger partial charge in [-0.05, 0) is 19.1 Å². The Morgan fingerprint density at radius 1 is 1.56 bits per heavy atom. The number of amides is 1. The van der Waals surface area contributed by atoms with E-state index >= 15 is 0 Å². The molecule has 0 spiro atoms. The van der Waals surface area contributed by atoms with E-state index < -0.39 is 0 Å². The predicted molar refractivity (Wildman–Crippen MR) is 60.2 cm³/mol. The van der Waals surface area contributed by atoms with E-state index in [1.54, 1.807) is 33.2 Å². The van der Waals surface area contributed by atoms with E-state index in [2.05, 4.69) is 15.5 Å². The number of hydrogen-bond donors (Lipinski definition) is 2. The van der Waals surface area contributed by atoms with Crippen LogP contribution in [-0.4, -0.2) is 52.9 Å². The summed E-state index contributed by atoms with van der Waals surface area (Å²) in [5.74, 6) is 0.353. The Kier molecular flexibility index (Phi) is 4.19. The van der Waals surface area contributed by atoms with Gasteiger partial charge in [-0.15, -0.1) is 10.2 Å². The number of carbonyl (C=O) groups excluding carboxylic acids is 1. The summed E-state index contributed by atoms with van der Waals surface area (Å²) in [6.45, 7) is 1.68. The zero-order chi connectivity index (χ0) is 12.1. The van der Waals surface area contributed by atoms with Gasteiger partial charge in [0, 0.05) is 14.1 Å². The number of aromatic nitrogens is 2. The first-order valence-corrected chi connectivity index (χ1v) is 4.99. The minimum absolute atomic E-state index is 0.0791. The summed E-state index contributed by atoms with van der Waals surface area (Å²) in [5.41, 5.74) is 0.266. The summed E-state index contributed by atoms with van der Waals surface area (Å²) in [4.78, 5) is 13.3. The normalized spacial score (nSPS) is 12.0. The van der Waals surface area contributed by atoms with Gasteiger partial charge in [-0.1, -0.05) is 0 Å². The minimum atomic E-state index is -0.253. The lowest BCUT2D eigenvalue weighted by atomic mass is 10.2. The molecule has 88 valence electrons. The van der Waals surface area contributed by atoms with Crippen LogP contribution in [0, 0.1) is 0 Å². The highest BCUT2D eigenvalue weighted by molar-refractivity contribution is 5.92. The van der Waals surface area contributed by atoms with Crippen LogP contribution in [-0.2, 0) is 0 Å². The quantitative estimate of drug-likeness (QED) is 0.751. The van der Waals surface area contributed by atoms with Crippen molar-refractivity contribution < 1.29 is 9.90 Å². The standard InChI is InChI=1S/C10H16N4O2/c1-7(6-15)14(3)10(16)8-4-5-9(11-2)13-12-8/h4-5,7,15H,6H2,1-3H3,(H,11,13). The van der Waals surface area contributed by atoms with Gasteiger partial charge in [-0.25, -0.2) is 0 Å². The van der Waals surface area contributed by atoms with Crippen LogP contribution in [0.1, 0.15) is 17.4 Å². The lowest BCUT2D eigenvalue weighted by molar-refractivity contribution is 0.0675. The molecule has 1 rings (SSSR count). The highest BCUT2D eigenvalue weighted by atomic mass is 16.3. The molecule has 1 atom stereocenters. The lowest BCUT2D eigenvalue weighted by Crippen LogP contribution is -2.37. The summed E-state index contributed by atoms with van der Waals surface area (Å²) in [6.07, 6.45) is 0. The van der Waals surface area contributed by atoms with Crippen molar-refractivity contribution in [2.45, 2.75) is 13.0 Å². The molecule has 6 heteroatoms. The third-order valence-corrected chi connectivity index (χ3v) is 2.39. The number of hydrogen-bond acceptors (Lipinski definition) is 5. The van der Waals surface area contributed by atoms with Gasteiger partial charge < -0.3 is 15.3 Å². The average Bonchev–Trinajstić information content (AvgIpc) is 2.36. The first-order chi connectivity index (χ1) is 7.60. The van der Waals surface area contributed by atoms with Crippen LogP contribution < -0.4 is 5.32 Å². The molecule has 6 nitrogen and oxygen atoms in total. The Morgan fingerprint density at radius 3 is 2.69 bits per heavy atom. The van der Waals surface area contributed by atoms with Gasteiger partial charge in [0.05, 0.1) is 12.6 Å². The van der Waals surface area contributed by atoms with E-state index in [1.807, 2.05) is 0 Å². The summed E-state index contributed by atoms with van der Waals surface area (Å²) in [7, 11) is 3.35. The molecule has 0 aliphatic heterocycles. The van der Waals surface area contributed by atoms with Crippen molar-refractivity contribution in [2.75, 3.05) is 26.0 Å². The zero-order valence-electron chi connectivity index (χ0n) is 9.64. The summed E-state index contributed by atoms with van der Waals surface area (Å²) >= 11 is 0. The number of aliphatic hydroxyl groups is 1. The third kappa shape index (κ3) is 2.66. The molecule has 0 aliphatic rings. The Bertz CT molecular complexity index is 352. The Hall–Kier alpha value is -1.69. The average molecular weight is 224 g/mol. The largest absolute Gasteiger partial charge is 0.394 e. The van der Waals surface area contributed by atoms with Crippen LogP contribution in [0.2, 0.25) is 0 Å². The number of nitrogens with one attached hydrogen (secondary N) is 1. The SMILES string of the molecule is CNc1ccc(C(=O)N(C)C(C)CO)nn1. The topological polar surface area (TPSA) is 78.4 Å². The van der Waals surface area contributed by atoms with E-state index in [4.69, 9.17) is 5.11 Å². The molecule has 0 aliphatic carbocycles. The molecule has 1 unspecified atom stereocenters. The Balaban J connectivity index is 2.80. The van der Waals surface area contributed by atoms with Crippen molar-refractivity contribution in [2.24, 2.45) is 0 Å². The maximum absolute atomic E-state index is 11.8. The summed E-state index contributed by atoms with van der Waals surface area (Å²) in [6, 6.07) is 3.04. The predicted octanol–water partition coefficient (Wildman–Crippen LogP) is -0.0289. The van der Waals surface area contributed by atoms with Crippen molar-refractivity contribution in [3.8, 4) is 0 Å². The fourth-order valence-corrected chi connectivity index (χ4v) is 1.08. The number of rotatable bonds is 4. The fourth-order valence-electron chi connectivity index (χ4n) is 1.08. The van der Waals surface area contributed by atoms with Gasteiger partial charge in [-0.2, -0.15) is 0 Å². The molecule has 0 bridgehead atoms. The molecular weight excluding hydrogens is 208 g/mol. The highest BCUT2D eigenvalue weighted by Crippen LogP contribution is 2.05. The van der Waals surface area contributed by atoms with Crippen molar-refractivity contribution in [3.63, 3.8) is 0 Å². The monoisotopic (exact) mass is 224 g/mol. The molecule has 16 heavy (non-hydrogen) atoms. The molecule has 1 amide bonds. The molecule has 1 aromatic rings. The van der Waals surface area contributed by atoms with Crippen molar-refractivity contribution in [3.05, 3.63) is 17.8 Å². The van der Waals surface area contributed by atoms with Gasteiger partial charge in [0.15, 0.2) is 5.69 Å². The number of anilines is 1. The number of likely N-dealkylation sites (N-methyl/N-ethyl adjacent to an activating group) is 1. The summed E-state index contributed by atoms with van der Waals surface area (Å²) in [5, 5.41) is 19.4. The first-order valence-electron chi connectivity index (χ1n) is 4.99. The van der Waals surface area contributed by atoms with Crippen LogP contribution in [0.25, 0.3) is 0 Å².